The van der Waals surface area contributed by atoms with Crippen molar-refractivity contribution in [2.75, 3.05) is 0 Å². The Labute approximate surface area is 80.0 Å². The van der Waals surface area contributed by atoms with Crippen LogP contribution in [0, 0.1) is 6.92 Å². The summed E-state index contributed by atoms with van der Waals surface area (Å²) in [5, 5.41) is 0. The third-order valence-corrected chi connectivity index (χ3v) is 1.69. The molecule has 0 aliphatic carbocycles. The number of aryl methyl sites for hydroxylation is 1. The maximum atomic E-state index is 5.63. The van der Waals surface area contributed by atoms with Crippen LogP contribution in [0.4, 0.5) is 0 Å². The van der Waals surface area contributed by atoms with E-state index in [0.29, 0.717) is 3.94 Å². The third-order valence-electron chi connectivity index (χ3n) is 1.35. The highest BCUT2D eigenvalue weighted by Gasteiger charge is 1.88. The lowest BCUT2D eigenvalue weighted by molar-refractivity contribution is 1.46. The van der Waals surface area contributed by atoms with Gasteiger partial charge in [0.1, 0.15) is 0 Å². The van der Waals surface area contributed by atoms with E-state index < -0.39 is 0 Å². The fourth-order valence-electron chi connectivity index (χ4n) is 0.789. The molecule has 0 saturated carbocycles. The van der Waals surface area contributed by atoms with Gasteiger partial charge in [0.25, 0.3) is 0 Å². The first-order valence-electron chi connectivity index (χ1n) is 3.28. The van der Waals surface area contributed by atoms with Crippen LogP contribution in [0.1, 0.15) is 11.1 Å². The summed E-state index contributed by atoms with van der Waals surface area (Å²) in [7, 11) is 0. The Balaban J connectivity index is 2.91. The van der Waals surface area contributed by atoms with Gasteiger partial charge in [-0.2, -0.15) is 0 Å². The molecule has 0 fully saturated rings. The van der Waals surface area contributed by atoms with Crippen LogP contribution in [0.25, 0.3) is 6.08 Å². The van der Waals surface area contributed by atoms with Gasteiger partial charge < -0.3 is 0 Å². The van der Waals surface area contributed by atoms with Gasteiger partial charge in [0.2, 0.25) is 0 Å². The molecule has 11 heavy (non-hydrogen) atoms. The highest BCUT2D eigenvalue weighted by Crippen LogP contribution is 2.15. The number of rotatable bonds is 1. The van der Waals surface area contributed by atoms with Gasteiger partial charge in [-0.25, -0.2) is 0 Å². The average molecular weight is 232 g/mol. The van der Waals surface area contributed by atoms with Crippen molar-refractivity contribution in [3.8, 4) is 0 Å². The topological polar surface area (TPSA) is 0 Å². The molecule has 0 aliphatic heterocycles. The zero-order valence-electron chi connectivity index (χ0n) is 6.14. The Morgan fingerprint density at radius 3 is 2.36 bits per heavy atom. The summed E-state index contributed by atoms with van der Waals surface area (Å²) in [6, 6.07) is 8.16. The minimum absolute atomic E-state index is 0.626. The van der Waals surface area contributed by atoms with Crippen molar-refractivity contribution in [2.45, 2.75) is 6.92 Å². The SMILES string of the molecule is Cc1ccc(C=C(Cl)Br)cc1. The van der Waals surface area contributed by atoms with E-state index in [0.717, 1.165) is 5.56 Å². The predicted octanol–water partition coefficient (Wildman–Crippen LogP) is 3.93. The normalized spacial score (nSPS) is 11.7. The monoisotopic (exact) mass is 230 g/mol. The maximum Gasteiger partial charge on any atom is 0.0839 e. The molecule has 0 aliphatic rings. The number of hydrogen-bond acceptors (Lipinski definition) is 0. The van der Waals surface area contributed by atoms with E-state index in [9.17, 15) is 0 Å². The largest absolute Gasteiger partial charge is 0.0839 e. The summed E-state index contributed by atoms with van der Waals surface area (Å²) in [4.78, 5) is 0. The van der Waals surface area contributed by atoms with E-state index in [2.05, 4.69) is 35.0 Å². The number of hydrogen-bond donors (Lipinski definition) is 0. The van der Waals surface area contributed by atoms with Gasteiger partial charge in [-0.1, -0.05) is 41.4 Å². The Morgan fingerprint density at radius 2 is 1.91 bits per heavy atom. The van der Waals surface area contributed by atoms with Gasteiger partial charge in [0.05, 0.1) is 3.94 Å². The lowest BCUT2D eigenvalue weighted by Crippen LogP contribution is -1.72. The van der Waals surface area contributed by atoms with E-state index in [1.54, 1.807) is 0 Å². The van der Waals surface area contributed by atoms with Crippen LogP contribution in [-0.2, 0) is 0 Å². The highest BCUT2D eigenvalue weighted by atomic mass is 79.9. The van der Waals surface area contributed by atoms with E-state index in [4.69, 9.17) is 11.6 Å². The number of benzene rings is 1. The first-order valence-corrected chi connectivity index (χ1v) is 4.45. The summed E-state index contributed by atoms with van der Waals surface area (Å²) in [5.41, 5.74) is 2.37. The zero-order chi connectivity index (χ0) is 8.27. The van der Waals surface area contributed by atoms with Crippen LogP contribution in [0.3, 0.4) is 0 Å². The number of halogens is 2. The fourth-order valence-corrected chi connectivity index (χ4v) is 1.18. The summed E-state index contributed by atoms with van der Waals surface area (Å²) in [6.07, 6.45) is 1.86. The van der Waals surface area contributed by atoms with Crippen LogP contribution in [-0.4, -0.2) is 0 Å². The first kappa shape index (κ1) is 8.82. The van der Waals surface area contributed by atoms with Gasteiger partial charge in [0, 0.05) is 0 Å². The molecule has 2 heteroatoms. The molecule has 0 amide bonds. The van der Waals surface area contributed by atoms with Crippen molar-refractivity contribution in [1.82, 2.24) is 0 Å². The van der Waals surface area contributed by atoms with Crippen LogP contribution >= 0.6 is 27.5 Å². The van der Waals surface area contributed by atoms with Crippen LogP contribution in [0.15, 0.2) is 28.2 Å². The highest BCUT2D eigenvalue weighted by molar-refractivity contribution is 9.12. The van der Waals surface area contributed by atoms with Gasteiger partial charge in [-0.05, 0) is 34.5 Å². The van der Waals surface area contributed by atoms with Crippen molar-refractivity contribution < 1.29 is 0 Å². The summed E-state index contributed by atoms with van der Waals surface area (Å²) < 4.78 is 0.626. The van der Waals surface area contributed by atoms with E-state index in [-0.39, 0.29) is 0 Å². The van der Waals surface area contributed by atoms with Crippen molar-refractivity contribution in [2.24, 2.45) is 0 Å². The molecular formula is C9H8BrCl. The van der Waals surface area contributed by atoms with E-state index in [1.165, 1.54) is 5.56 Å². The molecule has 58 valence electrons. The Morgan fingerprint density at radius 1 is 1.36 bits per heavy atom. The third kappa shape index (κ3) is 3.08. The van der Waals surface area contributed by atoms with Gasteiger partial charge in [-0.15, -0.1) is 0 Å². The molecule has 0 aromatic heterocycles. The molecule has 1 aromatic rings. The molecule has 0 heterocycles. The second-order valence-corrected chi connectivity index (χ2v) is 4.06. The minimum atomic E-state index is 0.626. The summed E-state index contributed by atoms with van der Waals surface area (Å²) >= 11 is 8.79. The standard InChI is InChI=1S/C9H8BrCl/c1-7-2-4-8(5-3-7)6-9(10)11/h2-6H,1H3. The van der Waals surface area contributed by atoms with Gasteiger partial charge >= 0.3 is 0 Å². The molecule has 0 nitrogen and oxygen atoms in total. The van der Waals surface area contributed by atoms with Gasteiger partial charge in [-0.3, -0.25) is 0 Å². The molecule has 0 unspecified atom stereocenters. The van der Waals surface area contributed by atoms with Crippen LogP contribution in [0.2, 0.25) is 0 Å². The van der Waals surface area contributed by atoms with E-state index >= 15 is 0 Å². The molecule has 0 atom stereocenters. The lowest BCUT2D eigenvalue weighted by atomic mass is 10.2. The molecule has 1 rings (SSSR count). The quantitative estimate of drug-likeness (QED) is 0.687. The van der Waals surface area contributed by atoms with E-state index in [1.807, 2.05) is 18.2 Å². The summed E-state index contributed by atoms with van der Waals surface area (Å²) in [5.74, 6) is 0. The molecular weight excluding hydrogens is 223 g/mol. The van der Waals surface area contributed by atoms with Crippen molar-refractivity contribution in [3.05, 3.63) is 39.3 Å². The maximum absolute atomic E-state index is 5.63. The zero-order valence-corrected chi connectivity index (χ0v) is 8.48. The Bertz CT molecular complexity index is 257. The first-order chi connectivity index (χ1) is 5.18. The predicted molar refractivity (Wildman–Crippen MR) is 53.9 cm³/mol. The fraction of sp³-hybridized carbons (Fsp3) is 0.111. The van der Waals surface area contributed by atoms with Crippen molar-refractivity contribution in [1.29, 1.82) is 0 Å². The molecule has 0 spiro atoms. The summed E-state index contributed by atoms with van der Waals surface area (Å²) in [6.45, 7) is 2.06. The second kappa shape index (κ2) is 3.93. The molecule has 0 radical (unpaired) electrons. The minimum Gasteiger partial charge on any atom is -0.0761 e. The van der Waals surface area contributed by atoms with Crippen molar-refractivity contribution in [3.63, 3.8) is 0 Å². The van der Waals surface area contributed by atoms with Crippen LogP contribution < -0.4 is 0 Å². The molecule has 1 aromatic carbocycles. The van der Waals surface area contributed by atoms with Gasteiger partial charge in [0.15, 0.2) is 0 Å². The second-order valence-electron chi connectivity index (χ2n) is 2.34. The Hall–Kier alpha value is -0.270. The molecule has 0 saturated heterocycles. The van der Waals surface area contributed by atoms with Crippen molar-refractivity contribution >= 4 is 33.6 Å². The Kier molecular flexibility index (Phi) is 3.16. The molecule has 0 N–H and O–H groups in total. The lowest BCUT2D eigenvalue weighted by Gasteiger charge is -1.93. The van der Waals surface area contributed by atoms with Crippen LogP contribution in [0.5, 0.6) is 0 Å². The average Bonchev–Trinajstić information content (AvgIpc) is 1.93. The smallest absolute Gasteiger partial charge is 0.0761 e. The molecule has 0 bridgehead atoms.